The summed E-state index contributed by atoms with van der Waals surface area (Å²) in [5.41, 5.74) is 0. The van der Waals surface area contributed by atoms with Crippen LogP contribution in [0.1, 0.15) is 0 Å². The van der Waals surface area contributed by atoms with E-state index in [9.17, 15) is 0 Å². The molecule has 0 saturated heterocycles. The smallest absolute Gasteiger partial charge is 0.150 e. The molecule has 0 nitrogen and oxygen atoms in total. The normalized spacial score (nSPS) is 11.8. The van der Waals surface area contributed by atoms with Crippen LogP contribution in [0.25, 0.3) is 0 Å². The molecule has 0 saturated carbocycles. The molecule has 0 fully saturated rings. The molecule has 0 amide bonds. The highest BCUT2D eigenvalue weighted by Crippen LogP contribution is 2.22. The molecular formula is C6H15BCl6Si3. The van der Waals surface area contributed by atoms with E-state index in [0.717, 1.165) is 37.1 Å². The first-order valence-corrected chi connectivity index (χ1v) is 18.2. The van der Waals surface area contributed by atoms with Crippen molar-refractivity contribution in [1.29, 1.82) is 0 Å². The van der Waals surface area contributed by atoms with Gasteiger partial charge in [0, 0.05) is 0 Å². The summed E-state index contributed by atoms with van der Waals surface area (Å²) in [6.45, 7) is 0.590. The highest BCUT2D eigenvalue weighted by molar-refractivity contribution is 7.34. The van der Waals surface area contributed by atoms with Crippen molar-refractivity contribution in [3.63, 3.8) is 0 Å². The van der Waals surface area contributed by atoms with E-state index >= 15 is 0 Å². The molecule has 0 rings (SSSR count). The molecule has 0 unspecified atom stereocenters. The Morgan fingerprint density at radius 3 is 1.00 bits per heavy atom. The monoisotopic (exact) mass is 392 g/mol. The molecule has 0 aliphatic rings. The van der Waals surface area contributed by atoms with Gasteiger partial charge in [0.05, 0.1) is 0 Å². The lowest BCUT2D eigenvalue weighted by Crippen LogP contribution is -2.16. The molecule has 0 bridgehead atoms. The van der Waals surface area contributed by atoms with E-state index in [-0.39, 0.29) is 0 Å². The van der Waals surface area contributed by atoms with Crippen molar-refractivity contribution in [2.45, 2.75) is 37.1 Å². The van der Waals surface area contributed by atoms with E-state index in [4.69, 9.17) is 66.5 Å². The summed E-state index contributed by atoms with van der Waals surface area (Å²) in [5.74, 6) is 0. The van der Waals surface area contributed by atoms with Crippen LogP contribution in [0.3, 0.4) is 0 Å². The van der Waals surface area contributed by atoms with Crippen molar-refractivity contribution in [3.8, 4) is 0 Å². The van der Waals surface area contributed by atoms with Crippen LogP contribution in [0, 0.1) is 0 Å². The maximum atomic E-state index is 5.86. The van der Waals surface area contributed by atoms with Gasteiger partial charge in [-0.25, -0.2) is 0 Å². The molecule has 16 heavy (non-hydrogen) atoms. The quantitative estimate of drug-likeness (QED) is 0.397. The van der Waals surface area contributed by atoms with Crippen LogP contribution >= 0.6 is 66.5 Å². The Kier molecular flexibility index (Phi) is 13.0. The summed E-state index contributed by atoms with van der Waals surface area (Å²) in [4.78, 5) is 0. The van der Waals surface area contributed by atoms with Gasteiger partial charge in [-0.05, 0) is 18.1 Å². The third kappa shape index (κ3) is 12.9. The Labute approximate surface area is 131 Å². The number of rotatable bonds is 9. The van der Waals surface area contributed by atoms with E-state index in [2.05, 4.69) is 0 Å². The summed E-state index contributed by atoms with van der Waals surface area (Å²) in [5, 5.41) is 0. The maximum Gasteiger partial charge on any atom is 0.236 e. The third-order valence-electron chi connectivity index (χ3n) is 2.38. The zero-order valence-corrected chi connectivity index (χ0v) is 16.8. The van der Waals surface area contributed by atoms with Gasteiger partial charge < -0.3 is 0 Å². The molecule has 0 N–H and O–H groups in total. The van der Waals surface area contributed by atoms with Crippen LogP contribution in [-0.2, 0) is 0 Å². The van der Waals surface area contributed by atoms with Crippen molar-refractivity contribution in [2.75, 3.05) is 0 Å². The summed E-state index contributed by atoms with van der Waals surface area (Å²) in [6, 6.07) is 2.84. The van der Waals surface area contributed by atoms with E-state index < -0.39 is 22.2 Å². The van der Waals surface area contributed by atoms with Gasteiger partial charge in [-0.1, -0.05) is 19.0 Å². The zero-order chi connectivity index (χ0) is 12.6. The van der Waals surface area contributed by atoms with E-state index in [1.807, 2.05) is 0 Å². The van der Waals surface area contributed by atoms with Crippen molar-refractivity contribution < 1.29 is 0 Å². The van der Waals surface area contributed by atoms with E-state index in [0.29, 0.717) is 6.71 Å². The van der Waals surface area contributed by atoms with Crippen molar-refractivity contribution in [1.82, 2.24) is 0 Å². The van der Waals surface area contributed by atoms with Gasteiger partial charge in [0.15, 0.2) is 0 Å². The Balaban J connectivity index is 3.85. The highest BCUT2D eigenvalue weighted by Gasteiger charge is 2.18. The second-order valence-electron chi connectivity index (χ2n) is 3.77. The average molecular weight is 395 g/mol. The first kappa shape index (κ1) is 18.5. The fourth-order valence-corrected chi connectivity index (χ4v) is 5.96. The first-order chi connectivity index (χ1) is 7.41. The maximum absolute atomic E-state index is 5.86. The van der Waals surface area contributed by atoms with Crippen LogP contribution in [0.4, 0.5) is 0 Å². The van der Waals surface area contributed by atoms with Gasteiger partial charge in [-0.3, -0.25) is 0 Å². The van der Waals surface area contributed by atoms with Crippen LogP contribution in [0.5, 0.6) is 0 Å². The number of halogens is 6. The molecule has 0 aliphatic heterocycles. The van der Waals surface area contributed by atoms with Crippen LogP contribution < -0.4 is 0 Å². The van der Waals surface area contributed by atoms with Gasteiger partial charge in [-0.15, -0.1) is 0 Å². The van der Waals surface area contributed by atoms with Crippen molar-refractivity contribution in [3.05, 3.63) is 0 Å². The molecule has 10 heteroatoms. The topological polar surface area (TPSA) is 0 Å². The molecule has 0 atom stereocenters. The molecule has 96 valence electrons. The first-order valence-electron chi connectivity index (χ1n) is 5.26. The summed E-state index contributed by atoms with van der Waals surface area (Å²) in [6.07, 6.45) is 3.19. The summed E-state index contributed by atoms with van der Waals surface area (Å²) in [7, 11) is -4.47. The zero-order valence-electron chi connectivity index (χ0n) is 8.82. The lowest BCUT2D eigenvalue weighted by Gasteiger charge is -2.13. The number of hydrogen-bond acceptors (Lipinski definition) is 0. The molecule has 0 aromatic heterocycles. The minimum absolute atomic E-state index is 0.590. The predicted molar refractivity (Wildman–Crippen MR) is 91.2 cm³/mol. The number of hydrogen-bond donors (Lipinski definition) is 0. The van der Waals surface area contributed by atoms with Crippen LogP contribution in [0.15, 0.2) is 0 Å². The molecule has 0 aromatic rings. The van der Waals surface area contributed by atoms with E-state index in [1.165, 1.54) is 0 Å². The summed E-state index contributed by atoms with van der Waals surface area (Å²) < 4.78 is 0. The largest absolute Gasteiger partial charge is 0.236 e. The fraction of sp³-hybridized carbons (Fsp3) is 1.00. The van der Waals surface area contributed by atoms with Crippen molar-refractivity contribution >= 4 is 95.4 Å². The van der Waals surface area contributed by atoms with Crippen LogP contribution in [0.2, 0.25) is 37.1 Å². The Morgan fingerprint density at radius 2 is 0.812 bits per heavy atom. The van der Waals surface area contributed by atoms with Gasteiger partial charge in [-0.2, -0.15) is 66.5 Å². The lowest BCUT2D eigenvalue weighted by atomic mass is 9.44. The minimum Gasteiger partial charge on any atom is -0.150 e. The minimum atomic E-state index is -1.49. The van der Waals surface area contributed by atoms with Crippen LogP contribution in [-0.4, -0.2) is 29.0 Å². The Hall–Kier alpha value is 2.46. The molecule has 0 aromatic carbocycles. The predicted octanol–water partition coefficient (Wildman–Crippen LogP) is 4.58. The van der Waals surface area contributed by atoms with Gasteiger partial charge in [0.2, 0.25) is 22.2 Å². The Bertz CT molecular complexity index is 144. The van der Waals surface area contributed by atoms with Gasteiger partial charge in [0.25, 0.3) is 0 Å². The van der Waals surface area contributed by atoms with Crippen molar-refractivity contribution in [2.24, 2.45) is 0 Å². The summed E-state index contributed by atoms with van der Waals surface area (Å²) >= 11 is 35.2. The second-order valence-corrected chi connectivity index (χ2v) is 19.3. The highest BCUT2D eigenvalue weighted by atomic mass is 35.7. The standard InChI is InChI=1S/C6H15BCl6Si3/c8-14(9)4-1-7(2-5-15(10)11)3-6-16(12)13/h14-16H,1-6H2. The van der Waals surface area contributed by atoms with E-state index in [1.54, 1.807) is 0 Å². The lowest BCUT2D eigenvalue weighted by molar-refractivity contribution is 1.22. The Morgan fingerprint density at radius 1 is 0.562 bits per heavy atom. The average Bonchev–Trinajstić information content (AvgIpc) is 2.15. The second kappa shape index (κ2) is 11.3. The third-order valence-corrected chi connectivity index (χ3v) is 8.62. The fourth-order valence-electron chi connectivity index (χ4n) is 1.52. The SMILES string of the molecule is Cl[SiH](Cl)CCB(CC[SiH](Cl)Cl)CC[SiH](Cl)Cl. The molecule has 0 radical (unpaired) electrons. The molecule has 0 heterocycles. The molecular weight excluding hydrogens is 380 g/mol. The van der Waals surface area contributed by atoms with Gasteiger partial charge >= 0.3 is 0 Å². The molecule has 0 spiro atoms. The molecule has 0 aliphatic carbocycles. The van der Waals surface area contributed by atoms with Gasteiger partial charge in [0.1, 0.15) is 6.71 Å².